The monoisotopic (exact) mass is 215 g/mol. The van der Waals surface area contributed by atoms with Crippen molar-refractivity contribution in [2.75, 3.05) is 0 Å². The van der Waals surface area contributed by atoms with Gasteiger partial charge in [-0.15, -0.1) is 0 Å². The molecule has 41 valence electrons. The first-order valence-electron chi connectivity index (χ1n) is 0.816. The zero-order valence-electron chi connectivity index (χ0n) is 3.14. The molecule has 0 spiro atoms. The van der Waals surface area contributed by atoms with Crippen LogP contribution in [0.2, 0.25) is 0 Å². The molecule has 0 unspecified atom stereocenters. The van der Waals surface area contributed by atoms with Gasteiger partial charge in [-0.05, 0) is 0 Å². The second-order valence-corrected chi connectivity index (χ2v) is 2.06. The number of rotatable bonds is 0. The van der Waals surface area contributed by atoms with Crippen molar-refractivity contribution in [2.24, 2.45) is 0 Å². The Kier molecular flexibility index (Phi) is 14.9. The van der Waals surface area contributed by atoms with Crippen LogP contribution in [0.25, 0.3) is 0 Å². The van der Waals surface area contributed by atoms with Gasteiger partial charge in [0.05, 0.1) is 0 Å². The molecule has 0 fully saturated rings. The molecule has 0 atom stereocenters. The second-order valence-electron chi connectivity index (χ2n) is 0.500. The summed E-state index contributed by atoms with van der Waals surface area (Å²) in [5, 5.41) is 0. The SMILES string of the molecule is [Ca+2].[Cu+2].[O-][Ti]([O-])([O-])[O-]. The molecule has 0 saturated heterocycles. The predicted molar refractivity (Wildman–Crippen MR) is 5.75 cm³/mol. The van der Waals surface area contributed by atoms with Crippen LogP contribution >= 0.6 is 0 Å². The summed E-state index contributed by atoms with van der Waals surface area (Å²) in [7, 11) is 0. The molecule has 0 heterocycles. The Hall–Kier alpha value is 2.33. The molecular weight excluding hydrogens is 215 g/mol. The van der Waals surface area contributed by atoms with Crippen molar-refractivity contribution >= 4 is 37.7 Å². The molecule has 0 aromatic rings. The van der Waals surface area contributed by atoms with Gasteiger partial charge in [0, 0.05) is 0 Å². The van der Waals surface area contributed by atoms with Gasteiger partial charge in [-0.2, -0.15) is 0 Å². The topological polar surface area (TPSA) is 92.2 Å². The normalized spacial score (nSPS) is 8.57. The molecular formula is CaCuO4Ti. The first-order valence-corrected chi connectivity index (χ1v) is 3.37. The molecule has 0 aliphatic carbocycles. The molecule has 0 aromatic carbocycles. The fourth-order valence-electron chi connectivity index (χ4n) is 0. The Labute approximate surface area is 86.3 Å². The molecule has 0 amide bonds. The number of hydrogen-bond donors (Lipinski definition) is 0. The van der Waals surface area contributed by atoms with Crippen molar-refractivity contribution in [2.45, 2.75) is 0 Å². The first-order chi connectivity index (χ1) is 2.00. The second kappa shape index (κ2) is 6.45. The van der Waals surface area contributed by atoms with Crippen molar-refractivity contribution in [1.29, 1.82) is 0 Å². The third kappa shape index (κ3) is 61.4. The first kappa shape index (κ1) is 16.2. The predicted octanol–water partition coefficient (Wildman–Crippen LogP) is -5.14. The van der Waals surface area contributed by atoms with Crippen molar-refractivity contribution in [1.82, 2.24) is 0 Å². The molecule has 7 heteroatoms. The fourth-order valence-corrected chi connectivity index (χ4v) is 0. The van der Waals surface area contributed by atoms with Crippen molar-refractivity contribution in [3.8, 4) is 0 Å². The molecule has 0 aromatic heterocycles. The Balaban J connectivity index is -0.0000000800. The average molecular weight is 215 g/mol. The summed E-state index contributed by atoms with van der Waals surface area (Å²) in [6, 6.07) is 0. The van der Waals surface area contributed by atoms with Crippen LogP contribution in [0.1, 0.15) is 0 Å². The third-order valence-corrected chi connectivity index (χ3v) is 0. The van der Waals surface area contributed by atoms with Crippen LogP contribution in [0.15, 0.2) is 0 Å². The molecule has 0 rings (SSSR count). The summed E-state index contributed by atoms with van der Waals surface area (Å²) in [6.45, 7) is 0. The van der Waals surface area contributed by atoms with Gasteiger partial charge in [-0.1, -0.05) is 0 Å². The standard InChI is InChI=1S/Ca.Cu.4O.Ti/q2*+2;4*-1;. The molecule has 4 nitrogen and oxygen atoms in total. The Morgan fingerprint density at radius 3 is 0.857 bits per heavy atom. The Morgan fingerprint density at radius 1 is 0.857 bits per heavy atom. The third-order valence-electron chi connectivity index (χ3n) is 0. The van der Waals surface area contributed by atoms with Gasteiger partial charge >= 0.3 is 87.7 Å². The molecule has 0 aliphatic rings. The summed E-state index contributed by atoms with van der Waals surface area (Å²) in [5.74, 6) is 0. The average Bonchev–Trinajstić information content (AvgIpc) is 0.722. The summed E-state index contributed by atoms with van der Waals surface area (Å²) >= 11 is -6.00. The van der Waals surface area contributed by atoms with E-state index in [1.165, 1.54) is 0 Å². The summed E-state index contributed by atoms with van der Waals surface area (Å²) in [4.78, 5) is 0. The summed E-state index contributed by atoms with van der Waals surface area (Å²) in [6.07, 6.45) is 0. The van der Waals surface area contributed by atoms with E-state index in [1.54, 1.807) is 0 Å². The Morgan fingerprint density at radius 2 is 0.857 bits per heavy atom. The molecule has 7 heavy (non-hydrogen) atoms. The minimum absolute atomic E-state index is 0. The van der Waals surface area contributed by atoms with E-state index in [2.05, 4.69) is 0 Å². The van der Waals surface area contributed by atoms with Crippen molar-refractivity contribution in [3.63, 3.8) is 0 Å². The van der Waals surface area contributed by atoms with Crippen LogP contribution < -0.4 is 14.8 Å². The summed E-state index contributed by atoms with van der Waals surface area (Å²) < 4.78 is 34.5. The van der Waals surface area contributed by atoms with Gasteiger partial charge in [-0.3, -0.25) is 0 Å². The van der Waals surface area contributed by atoms with Crippen LogP contribution in [-0.2, 0) is 35.2 Å². The van der Waals surface area contributed by atoms with E-state index in [1.807, 2.05) is 0 Å². The van der Waals surface area contributed by atoms with Crippen molar-refractivity contribution in [3.05, 3.63) is 0 Å². The van der Waals surface area contributed by atoms with Crippen LogP contribution in [0.3, 0.4) is 0 Å². The maximum absolute atomic E-state index is 8.62. The quantitative estimate of drug-likeness (QED) is 0.378. The molecule has 0 aliphatic heterocycles. The van der Waals surface area contributed by atoms with E-state index in [4.69, 9.17) is 14.8 Å². The van der Waals surface area contributed by atoms with E-state index in [0.717, 1.165) is 0 Å². The number of hydrogen-bond acceptors (Lipinski definition) is 4. The van der Waals surface area contributed by atoms with E-state index in [-0.39, 0.29) is 54.8 Å². The van der Waals surface area contributed by atoms with Gasteiger partial charge in [0.1, 0.15) is 0 Å². The molecule has 0 bridgehead atoms. The minimum atomic E-state index is -6.00. The van der Waals surface area contributed by atoms with E-state index in [0.29, 0.717) is 0 Å². The zero-order chi connectivity index (χ0) is 4.50. The van der Waals surface area contributed by atoms with Gasteiger partial charge in [0.15, 0.2) is 0 Å². The van der Waals surface area contributed by atoms with E-state index >= 15 is 0 Å². The molecule has 1 radical (unpaired) electrons. The fraction of sp³-hybridized carbons (Fsp3) is 0. The molecule has 0 N–H and O–H groups in total. The van der Waals surface area contributed by atoms with Crippen LogP contribution in [0.5, 0.6) is 0 Å². The van der Waals surface area contributed by atoms with Crippen LogP contribution in [0, 0.1) is 0 Å². The summed E-state index contributed by atoms with van der Waals surface area (Å²) in [5.41, 5.74) is 0. The van der Waals surface area contributed by atoms with Gasteiger partial charge in [0.25, 0.3) is 0 Å². The van der Waals surface area contributed by atoms with Crippen LogP contribution in [-0.4, -0.2) is 37.7 Å². The van der Waals surface area contributed by atoms with Crippen LogP contribution in [0.4, 0.5) is 0 Å². The molecule has 0 saturated carbocycles. The van der Waals surface area contributed by atoms with Crippen molar-refractivity contribution < 1.29 is 50.0 Å². The van der Waals surface area contributed by atoms with E-state index < -0.39 is 18.1 Å². The van der Waals surface area contributed by atoms with Gasteiger partial charge < -0.3 is 0 Å². The van der Waals surface area contributed by atoms with Gasteiger partial charge in [0.2, 0.25) is 0 Å². The van der Waals surface area contributed by atoms with Gasteiger partial charge in [-0.25, -0.2) is 0 Å². The maximum atomic E-state index is 8.62. The van der Waals surface area contributed by atoms with E-state index in [9.17, 15) is 0 Å². The zero-order valence-corrected chi connectivity index (χ0v) is 7.85. The Bertz CT molecular complexity index is 27.2.